The van der Waals surface area contributed by atoms with Gasteiger partial charge in [0.25, 0.3) is 0 Å². The van der Waals surface area contributed by atoms with E-state index >= 15 is 0 Å². The third kappa shape index (κ3) is 4.29. The second-order valence-corrected chi connectivity index (χ2v) is 6.52. The Balaban J connectivity index is 0.00000256. The number of nitrogens with one attached hydrogen (secondary N) is 1. The molecule has 0 spiro atoms. The highest BCUT2D eigenvalue weighted by Gasteiger charge is 2.18. The van der Waals surface area contributed by atoms with E-state index in [4.69, 9.17) is 11.6 Å². The van der Waals surface area contributed by atoms with Gasteiger partial charge in [-0.15, -0.1) is 0 Å². The zero-order chi connectivity index (χ0) is 20.2. The molecule has 0 atom stereocenters. The molecule has 0 aliphatic heterocycles. The van der Waals surface area contributed by atoms with E-state index in [9.17, 15) is 9.18 Å². The Morgan fingerprint density at radius 1 is 1.00 bits per heavy atom. The smallest absolute Gasteiger partial charge is 0.168 e. The number of aldehydes is 1. The number of aromatic nitrogens is 3. The SMILES string of the molecule is C.O=Cc1[nH]c(-c2c(F)cccc2Cl)nc1-c1ccc(C#Cc2ccccc2)nc1. The first kappa shape index (κ1) is 21.0. The summed E-state index contributed by atoms with van der Waals surface area (Å²) in [4.78, 5) is 23.0. The van der Waals surface area contributed by atoms with Crippen molar-refractivity contribution in [2.75, 3.05) is 0 Å². The lowest BCUT2D eigenvalue weighted by molar-refractivity contribution is 0.112. The van der Waals surface area contributed by atoms with E-state index in [0.717, 1.165) is 5.56 Å². The summed E-state index contributed by atoms with van der Waals surface area (Å²) in [5.74, 6) is 5.67. The van der Waals surface area contributed by atoms with Crippen LogP contribution in [0.1, 0.15) is 29.2 Å². The van der Waals surface area contributed by atoms with Crippen molar-refractivity contribution in [3.63, 3.8) is 0 Å². The Kier molecular flexibility index (Phi) is 6.41. The largest absolute Gasteiger partial charge is 0.335 e. The van der Waals surface area contributed by atoms with Gasteiger partial charge in [0, 0.05) is 17.3 Å². The van der Waals surface area contributed by atoms with Crippen molar-refractivity contribution < 1.29 is 9.18 Å². The molecular formula is C24H17ClFN3O. The third-order valence-corrected chi connectivity index (χ3v) is 4.51. The maximum absolute atomic E-state index is 14.2. The topological polar surface area (TPSA) is 58.6 Å². The van der Waals surface area contributed by atoms with E-state index in [-0.39, 0.29) is 29.5 Å². The number of hydrogen-bond acceptors (Lipinski definition) is 3. The van der Waals surface area contributed by atoms with Crippen LogP contribution >= 0.6 is 11.6 Å². The van der Waals surface area contributed by atoms with Crippen molar-refractivity contribution in [3.05, 3.63) is 94.7 Å². The first-order valence-electron chi connectivity index (χ1n) is 8.69. The van der Waals surface area contributed by atoms with Crippen LogP contribution in [0.5, 0.6) is 0 Å². The highest BCUT2D eigenvalue weighted by molar-refractivity contribution is 6.33. The minimum absolute atomic E-state index is 0. The van der Waals surface area contributed by atoms with E-state index in [1.165, 1.54) is 12.1 Å². The minimum Gasteiger partial charge on any atom is -0.335 e. The average Bonchev–Trinajstić information content (AvgIpc) is 3.17. The van der Waals surface area contributed by atoms with Crippen LogP contribution in [0.3, 0.4) is 0 Å². The molecule has 0 unspecified atom stereocenters. The van der Waals surface area contributed by atoms with Gasteiger partial charge < -0.3 is 4.98 Å². The van der Waals surface area contributed by atoms with Crippen LogP contribution in [0, 0.1) is 17.7 Å². The first-order chi connectivity index (χ1) is 14.2. The number of halogens is 2. The lowest BCUT2D eigenvalue weighted by Gasteiger charge is -2.01. The fourth-order valence-electron chi connectivity index (χ4n) is 2.80. The summed E-state index contributed by atoms with van der Waals surface area (Å²) in [5, 5.41) is 0.201. The minimum atomic E-state index is -0.528. The van der Waals surface area contributed by atoms with Crippen molar-refractivity contribution in [3.8, 4) is 34.5 Å². The van der Waals surface area contributed by atoms with Gasteiger partial charge in [-0.3, -0.25) is 4.79 Å². The molecule has 148 valence electrons. The van der Waals surface area contributed by atoms with Gasteiger partial charge in [-0.05, 0) is 42.3 Å². The molecule has 30 heavy (non-hydrogen) atoms. The number of H-pyrrole nitrogens is 1. The van der Waals surface area contributed by atoms with Gasteiger partial charge in [0.15, 0.2) is 6.29 Å². The van der Waals surface area contributed by atoms with Gasteiger partial charge in [-0.25, -0.2) is 14.4 Å². The number of imidazole rings is 1. The molecule has 2 aromatic heterocycles. The lowest BCUT2D eigenvalue weighted by atomic mass is 10.1. The molecule has 0 amide bonds. The molecule has 0 aliphatic rings. The van der Waals surface area contributed by atoms with Crippen LogP contribution in [-0.2, 0) is 0 Å². The molecule has 2 aromatic carbocycles. The summed E-state index contributed by atoms with van der Waals surface area (Å²) >= 11 is 6.11. The number of aromatic amines is 1. The predicted molar refractivity (Wildman–Crippen MR) is 117 cm³/mol. The summed E-state index contributed by atoms with van der Waals surface area (Å²) in [6, 6.07) is 17.4. The molecule has 0 bridgehead atoms. The van der Waals surface area contributed by atoms with Gasteiger partial charge in [0.1, 0.15) is 28.7 Å². The maximum Gasteiger partial charge on any atom is 0.168 e. The summed E-state index contributed by atoms with van der Waals surface area (Å²) in [6.07, 6.45) is 2.20. The molecule has 4 nitrogen and oxygen atoms in total. The molecule has 0 saturated carbocycles. The zero-order valence-corrected chi connectivity index (χ0v) is 15.7. The van der Waals surface area contributed by atoms with Crippen molar-refractivity contribution in [2.45, 2.75) is 7.43 Å². The van der Waals surface area contributed by atoms with Crippen molar-refractivity contribution in [1.29, 1.82) is 0 Å². The molecule has 0 saturated heterocycles. The summed E-state index contributed by atoms with van der Waals surface area (Å²) in [7, 11) is 0. The van der Waals surface area contributed by atoms with Crippen molar-refractivity contribution in [2.24, 2.45) is 0 Å². The highest BCUT2D eigenvalue weighted by Crippen LogP contribution is 2.31. The number of benzene rings is 2. The van der Waals surface area contributed by atoms with E-state index < -0.39 is 5.82 Å². The lowest BCUT2D eigenvalue weighted by Crippen LogP contribution is -1.89. The van der Waals surface area contributed by atoms with Gasteiger partial charge in [-0.2, -0.15) is 0 Å². The quantitative estimate of drug-likeness (QED) is 0.339. The molecule has 0 fully saturated rings. The van der Waals surface area contributed by atoms with E-state index in [1.54, 1.807) is 24.4 Å². The molecule has 2 heterocycles. The number of carbonyl (C=O) groups excluding carboxylic acids is 1. The number of rotatable bonds is 3. The maximum atomic E-state index is 14.2. The standard InChI is InChI=1S/C23H13ClFN3O.CH4/c24-18-7-4-8-19(25)21(18)23-27-20(14-29)22(28-23)16-10-12-17(26-13-16)11-9-15-5-2-1-3-6-15;/h1-8,10,12-14H,(H,27,28);1H4. The molecule has 4 rings (SSSR count). The fourth-order valence-corrected chi connectivity index (χ4v) is 3.05. The second kappa shape index (κ2) is 9.17. The van der Waals surface area contributed by atoms with Crippen LogP contribution in [0.2, 0.25) is 5.02 Å². The average molecular weight is 418 g/mol. The Bertz CT molecular complexity index is 1220. The Morgan fingerprint density at radius 2 is 1.80 bits per heavy atom. The zero-order valence-electron chi connectivity index (χ0n) is 15.0. The van der Waals surface area contributed by atoms with E-state index in [0.29, 0.717) is 23.2 Å². The molecule has 0 radical (unpaired) electrons. The van der Waals surface area contributed by atoms with Gasteiger partial charge in [-0.1, -0.05) is 49.2 Å². The Morgan fingerprint density at radius 3 is 2.47 bits per heavy atom. The number of hydrogen-bond donors (Lipinski definition) is 1. The molecule has 1 N–H and O–H groups in total. The van der Waals surface area contributed by atoms with Gasteiger partial charge in [0.05, 0.1) is 10.6 Å². The van der Waals surface area contributed by atoms with Crippen LogP contribution in [0.25, 0.3) is 22.6 Å². The van der Waals surface area contributed by atoms with Gasteiger partial charge in [0.2, 0.25) is 0 Å². The highest BCUT2D eigenvalue weighted by atomic mass is 35.5. The molecular weight excluding hydrogens is 401 g/mol. The first-order valence-corrected chi connectivity index (χ1v) is 9.06. The second-order valence-electron chi connectivity index (χ2n) is 6.11. The van der Waals surface area contributed by atoms with Crippen LogP contribution in [0.15, 0.2) is 66.9 Å². The number of nitrogens with zero attached hydrogens (tertiary/aromatic N) is 2. The third-order valence-electron chi connectivity index (χ3n) is 4.19. The number of carbonyl (C=O) groups is 1. The molecule has 4 aromatic rings. The molecule has 0 aliphatic carbocycles. The van der Waals surface area contributed by atoms with Crippen LogP contribution in [-0.4, -0.2) is 21.2 Å². The summed E-state index contributed by atoms with van der Waals surface area (Å²) in [5.41, 5.74) is 2.77. The Labute approximate surface area is 178 Å². The van der Waals surface area contributed by atoms with Crippen LogP contribution in [0.4, 0.5) is 4.39 Å². The van der Waals surface area contributed by atoms with E-state index in [1.807, 2.05) is 30.3 Å². The Hall–Kier alpha value is -3.75. The molecule has 6 heteroatoms. The number of pyridine rings is 1. The van der Waals surface area contributed by atoms with Gasteiger partial charge >= 0.3 is 0 Å². The fraction of sp³-hybridized carbons (Fsp3) is 0.0417. The predicted octanol–water partition coefficient (Wildman–Crippen LogP) is 5.78. The normalized spacial score (nSPS) is 9.93. The summed E-state index contributed by atoms with van der Waals surface area (Å²) in [6.45, 7) is 0. The van der Waals surface area contributed by atoms with Crippen molar-refractivity contribution >= 4 is 17.9 Å². The summed E-state index contributed by atoms with van der Waals surface area (Å²) < 4.78 is 14.2. The van der Waals surface area contributed by atoms with E-state index in [2.05, 4.69) is 26.8 Å². The monoisotopic (exact) mass is 417 g/mol. The van der Waals surface area contributed by atoms with Crippen LogP contribution < -0.4 is 0 Å². The van der Waals surface area contributed by atoms with Crippen molar-refractivity contribution in [1.82, 2.24) is 15.0 Å².